The Bertz CT molecular complexity index is 481. The van der Waals surface area contributed by atoms with Gasteiger partial charge in [0, 0.05) is 6.54 Å². The van der Waals surface area contributed by atoms with Gasteiger partial charge in [0.1, 0.15) is 10.6 Å². The molecule has 0 saturated heterocycles. The molecule has 0 aliphatic carbocycles. The zero-order valence-corrected chi connectivity index (χ0v) is 11.5. The fourth-order valence-electron chi connectivity index (χ4n) is 1.35. The van der Waals surface area contributed by atoms with Gasteiger partial charge >= 0.3 is 0 Å². The van der Waals surface area contributed by atoms with E-state index in [9.17, 15) is 8.42 Å². The van der Waals surface area contributed by atoms with Crippen LogP contribution in [0, 0.1) is 12.8 Å². The highest BCUT2D eigenvalue weighted by atomic mass is 32.2. The first-order valence-corrected chi connectivity index (χ1v) is 6.99. The highest BCUT2D eigenvalue weighted by Gasteiger charge is 2.19. The van der Waals surface area contributed by atoms with Gasteiger partial charge in [0.2, 0.25) is 10.0 Å². The van der Waals surface area contributed by atoms with Gasteiger partial charge in [0.15, 0.2) is 0 Å². The first kappa shape index (κ1) is 14.0. The van der Waals surface area contributed by atoms with Crippen LogP contribution in [0.25, 0.3) is 0 Å². The third-order valence-corrected chi connectivity index (χ3v) is 3.74. The second-order valence-corrected chi connectivity index (χ2v) is 6.14. The van der Waals surface area contributed by atoms with Crippen molar-refractivity contribution in [1.29, 1.82) is 0 Å². The molecule has 1 rings (SSSR count). The molecule has 0 aliphatic heterocycles. The molecule has 0 heterocycles. The smallest absolute Gasteiger partial charge is 0.244 e. The van der Waals surface area contributed by atoms with E-state index in [1.165, 1.54) is 7.11 Å². The minimum atomic E-state index is -3.50. The van der Waals surface area contributed by atoms with E-state index in [0.717, 1.165) is 5.56 Å². The maximum absolute atomic E-state index is 12.1. The fraction of sp³-hybridized carbons (Fsp3) is 0.500. The van der Waals surface area contributed by atoms with Crippen LogP contribution in [0.15, 0.2) is 23.1 Å². The summed E-state index contributed by atoms with van der Waals surface area (Å²) in [7, 11) is -2.03. The quantitative estimate of drug-likeness (QED) is 0.877. The van der Waals surface area contributed by atoms with Crippen molar-refractivity contribution >= 4 is 10.0 Å². The Labute approximate surface area is 103 Å². The summed E-state index contributed by atoms with van der Waals surface area (Å²) in [5.74, 6) is 0.632. The zero-order chi connectivity index (χ0) is 13.1. The van der Waals surface area contributed by atoms with Gasteiger partial charge in [-0.2, -0.15) is 0 Å². The number of benzene rings is 1. The Morgan fingerprint density at radius 3 is 2.53 bits per heavy atom. The molecule has 0 aliphatic rings. The Hall–Kier alpha value is -1.07. The summed E-state index contributed by atoms with van der Waals surface area (Å²) in [5.41, 5.74) is 0.885. The lowest BCUT2D eigenvalue weighted by atomic mass is 10.2. The number of ether oxygens (including phenoxy) is 1. The summed E-state index contributed by atoms with van der Waals surface area (Å²) in [4.78, 5) is 0.195. The number of methoxy groups -OCH3 is 1. The van der Waals surface area contributed by atoms with Gasteiger partial charge in [-0.3, -0.25) is 0 Å². The molecule has 0 aromatic heterocycles. The van der Waals surface area contributed by atoms with Crippen LogP contribution in [-0.2, 0) is 10.0 Å². The molecule has 0 spiro atoms. The van der Waals surface area contributed by atoms with Gasteiger partial charge in [0.25, 0.3) is 0 Å². The molecule has 0 radical (unpaired) electrons. The third kappa shape index (κ3) is 3.71. The lowest BCUT2D eigenvalue weighted by molar-refractivity contribution is 0.402. The lowest BCUT2D eigenvalue weighted by Gasteiger charge is -2.12. The molecule has 1 aromatic carbocycles. The Morgan fingerprint density at radius 2 is 2.00 bits per heavy atom. The standard InChI is InChI=1S/C12H19NO3S/c1-9(2)8-13-17(14,15)12-7-10(3)5-6-11(12)16-4/h5-7,9,13H,8H2,1-4H3. The van der Waals surface area contributed by atoms with Gasteiger partial charge in [-0.15, -0.1) is 0 Å². The number of hydrogen-bond donors (Lipinski definition) is 1. The van der Waals surface area contributed by atoms with Crippen molar-refractivity contribution in [2.75, 3.05) is 13.7 Å². The number of rotatable bonds is 5. The van der Waals surface area contributed by atoms with Crippen LogP contribution in [0.2, 0.25) is 0 Å². The molecule has 17 heavy (non-hydrogen) atoms. The summed E-state index contributed by atoms with van der Waals surface area (Å²) in [6.07, 6.45) is 0. The van der Waals surface area contributed by atoms with Crippen LogP contribution in [0.3, 0.4) is 0 Å². The molecule has 0 bridgehead atoms. The highest BCUT2D eigenvalue weighted by Crippen LogP contribution is 2.24. The Kier molecular flexibility index (Phi) is 4.54. The van der Waals surface area contributed by atoms with Crippen molar-refractivity contribution in [1.82, 2.24) is 4.72 Å². The minimum absolute atomic E-state index is 0.195. The van der Waals surface area contributed by atoms with E-state index >= 15 is 0 Å². The number of aryl methyl sites for hydroxylation is 1. The van der Waals surface area contributed by atoms with E-state index < -0.39 is 10.0 Å². The SMILES string of the molecule is COc1ccc(C)cc1S(=O)(=O)NCC(C)C. The van der Waals surface area contributed by atoms with E-state index in [2.05, 4.69) is 4.72 Å². The summed E-state index contributed by atoms with van der Waals surface area (Å²) in [5, 5.41) is 0. The van der Waals surface area contributed by atoms with Gasteiger partial charge in [0.05, 0.1) is 7.11 Å². The maximum atomic E-state index is 12.1. The van der Waals surface area contributed by atoms with Crippen molar-refractivity contribution in [2.24, 2.45) is 5.92 Å². The lowest BCUT2D eigenvalue weighted by Crippen LogP contribution is -2.27. The summed E-state index contributed by atoms with van der Waals surface area (Å²) in [6, 6.07) is 5.10. The van der Waals surface area contributed by atoms with Crippen LogP contribution >= 0.6 is 0 Å². The van der Waals surface area contributed by atoms with E-state index in [0.29, 0.717) is 12.3 Å². The van der Waals surface area contributed by atoms with Crippen LogP contribution in [0.5, 0.6) is 5.75 Å². The van der Waals surface area contributed by atoms with Gasteiger partial charge in [-0.1, -0.05) is 19.9 Å². The second kappa shape index (κ2) is 5.51. The number of sulfonamides is 1. The molecule has 4 nitrogen and oxygen atoms in total. The summed E-state index contributed by atoms with van der Waals surface area (Å²) >= 11 is 0. The predicted octanol–water partition coefficient (Wildman–Crippen LogP) is 1.94. The van der Waals surface area contributed by atoms with Crippen molar-refractivity contribution in [2.45, 2.75) is 25.7 Å². The van der Waals surface area contributed by atoms with Crippen molar-refractivity contribution < 1.29 is 13.2 Å². The van der Waals surface area contributed by atoms with E-state index in [4.69, 9.17) is 4.74 Å². The molecule has 0 unspecified atom stereocenters. The molecular formula is C12H19NO3S. The molecule has 0 amide bonds. The number of hydrogen-bond acceptors (Lipinski definition) is 3. The molecule has 0 atom stereocenters. The monoisotopic (exact) mass is 257 g/mol. The van der Waals surface area contributed by atoms with Crippen LogP contribution < -0.4 is 9.46 Å². The van der Waals surface area contributed by atoms with Crippen LogP contribution in [0.1, 0.15) is 19.4 Å². The first-order valence-electron chi connectivity index (χ1n) is 5.51. The van der Waals surface area contributed by atoms with Crippen molar-refractivity contribution in [3.8, 4) is 5.75 Å². The van der Waals surface area contributed by atoms with E-state index in [1.54, 1.807) is 12.1 Å². The highest BCUT2D eigenvalue weighted by molar-refractivity contribution is 7.89. The summed E-state index contributed by atoms with van der Waals surface area (Å²) < 4.78 is 31.8. The van der Waals surface area contributed by atoms with Crippen LogP contribution in [-0.4, -0.2) is 22.1 Å². The zero-order valence-electron chi connectivity index (χ0n) is 10.6. The van der Waals surface area contributed by atoms with Gasteiger partial charge in [-0.05, 0) is 30.5 Å². The second-order valence-electron chi connectivity index (χ2n) is 4.40. The predicted molar refractivity (Wildman–Crippen MR) is 67.8 cm³/mol. The average Bonchev–Trinajstić information content (AvgIpc) is 2.26. The summed E-state index contributed by atoms with van der Waals surface area (Å²) in [6.45, 7) is 6.17. The molecule has 5 heteroatoms. The Morgan fingerprint density at radius 1 is 1.35 bits per heavy atom. The van der Waals surface area contributed by atoms with Gasteiger partial charge < -0.3 is 4.74 Å². The molecule has 0 saturated carbocycles. The van der Waals surface area contributed by atoms with Crippen LogP contribution in [0.4, 0.5) is 0 Å². The largest absolute Gasteiger partial charge is 0.495 e. The molecular weight excluding hydrogens is 238 g/mol. The maximum Gasteiger partial charge on any atom is 0.244 e. The Balaban J connectivity index is 3.09. The third-order valence-electron chi connectivity index (χ3n) is 2.29. The molecule has 96 valence electrons. The topological polar surface area (TPSA) is 55.4 Å². The minimum Gasteiger partial charge on any atom is -0.495 e. The normalized spacial score (nSPS) is 11.8. The molecule has 1 aromatic rings. The van der Waals surface area contributed by atoms with Crippen molar-refractivity contribution in [3.63, 3.8) is 0 Å². The van der Waals surface area contributed by atoms with Gasteiger partial charge in [-0.25, -0.2) is 13.1 Å². The molecule has 0 fully saturated rings. The fourth-order valence-corrected chi connectivity index (χ4v) is 2.81. The average molecular weight is 257 g/mol. The van der Waals surface area contributed by atoms with Crippen molar-refractivity contribution in [3.05, 3.63) is 23.8 Å². The molecule has 1 N–H and O–H groups in total. The first-order chi connectivity index (χ1) is 7.86. The van der Waals surface area contributed by atoms with E-state index in [-0.39, 0.29) is 10.8 Å². The number of nitrogens with one attached hydrogen (secondary N) is 1. The van der Waals surface area contributed by atoms with E-state index in [1.807, 2.05) is 26.8 Å².